The van der Waals surface area contributed by atoms with E-state index in [0.717, 1.165) is 6.26 Å². The van der Waals surface area contributed by atoms with Crippen LogP contribution in [-0.4, -0.2) is 43.5 Å². The molecule has 0 saturated carbocycles. The number of carbonyl (C=O) groups is 2. The van der Waals surface area contributed by atoms with Crippen LogP contribution in [0.25, 0.3) is 0 Å². The molecule has 1 amide bonds. The smallest absolute Gasteiger partial charge is 0.337 e. The first-order chi connectivity index (χ1) is 9.60. The molecule has 0 aliphatic carbocycles. The minimum Gasteiger partial charge on any atom is -0.478 e. The Morgan fingerprint density at radius 1 is 1.43 bits per heavy atom. The number of carboxylic acid groups (broad SMARTS) is 1. The fraction of sp³-hybridized carbons (Fsp3) is 0.333. The molecule has 0 aromatic heterocycles. The summed E-state index contributed by atoms with van der Waals surface area (Å²) < 4.78 is 22.8. The van der Waals surface area contributed by atoms with E-state index < -0.39 is 27.8 Å². The third-order valence-corrected chi connectivity index (χ3v) is 4.25. The fourth-order valence-electron chi connectivity index (χ4n) is 1.50. The number of nitrogens with one attached hydrogen (secondary N) is 1. The lowest BCUT2D eigenvalue weighted by Crippen LogP contribution is -2.37. The molecule has 0 heterocycles. The van der Waals surface area contributed by atoms with E-state index in [1.165, 1.54) is 12.1 Å². The quantitative estimate of drug-likeness (QED) is 0.575. The summed E-state index contributed by atoms with van der Waals surface area (Å²) in [7, 11) is -3.21. The van der Waals surface area contributed by atoms with E-state index in [-0.39, 0.29) is 23.4 Å². The van der Waals surface area contributed by atoms with Crippen LogP contribution in [0.5, 0.6) is 0 Å². The molecule has 1 aromatic carbocycles. The third kappa shape index (κ3) is 5.98. The molecular formula is C12H15IN2O5S. The number of hydrogen-bond acceptors (Lipinski definition) is 5. The van der Waals surface area contributed by atoms with Gasteiger partial charge in [0.15, 0.2) is 0 Å². The molecule has 7 nitrogen and oxygen atoms in total. The maximum Gasteiger partial charge on any atom is 0.337 e. The van der Waals surface area contributed by atoms with Gasteiger partial charge in [0.05, 0.1) is 23.0 Å². The van der Waals surface area contributed by atoms with Crippen LogP contribution < -0.4 is 11.1 Å². The van der Waals surface area contributed by atoms with Gasteiger partial charge in [-0.1, -0.05) is 0 Å². The van der Waals surface area contributed by atoms with Crippen LogP contribution >= 0.6 is 22.6 Å². The average molecular weight is 426 g/mol. The Hall–Kier alpha value is -1.20. The number of nitrogens with two attached hydrogens (primary N) is 1. The number of carbonyl (C=O) groups excluding carboxylic acids is 1. The second-order valence-corrected chi connectivity index (χ2v) is 8.01. The highest BCUT2D eigenvalue weighted by Crippen LogP contribution is 2.19. The van der Waals surface area contributed by atoms with Crippen molar-refractivity contribution in [3.8, 4) is 0 Å². The molecule has 0 fully saturated rings. The fourth-order valence-corrected chi connectivity index (χ4v) is 2.67. The number of halogens is 1. The summed E-state index contributed by atoms with van der Waals surface area (Å²) in [5, 5.41) is 11.5. The molecule has 1 aromatic rings. The SMILES string of the molecule is CS(=O)(=O)CCC(N)C(=O)Nc1ccc(I)cc1C(=O)O. The molecule has 4 N–H and O–H groups in total. The van der Waals surface area contributed by atoms with Crippen molar-refractivity contribution in [2.45, 2.75) is 12.5 Å². The van der Waals surface area contributed by atoms with Gasteiger partial charge in [0, 0.05) is 9.83 Å². The van der Waals surface area contributed by atoms with Gasteiger partial charge in [-0.3, -0.25) is 4.79 Å². The molecule has 0 aliphatic rings. The Kier molecular flexibility index (Phi) is 6.10. The van der Waals surface area contributed by atoms with E-state index in [1.807, 2.05) is 22.6 Å². The van der Waals surface area contributed by atoms with Crippen molar-refractivity contribution in [1.29, 1.82) is 0 Å². The summed E-state index contributed by atoms with van der Waals surface area (Å²) in [4.78, 5) is 23.0. The highest BCUT2D eigenvalue weighted by atomic mass is 127. The van der Waals surface area contributed by atoms with E-state index in [1.54, 1.807) is 6.07 Å². The molecule has 0 aliphatic heterocycles. The summed E-state index contributed by atoms with van der Waals surface area (Å²) in [6, 6.07) is 3.50. The van der Waals surface area contributed by atoms with E-state index in [4.69, 9.17) is 10.8 Å². The number of sulfone groups is 1. The van der Waals surface area contributed by atoms with E-state index in [0.29, 0.717) is 3.57 Å². The zero-order chi connectivity index (χ0) is 16.2. The molecule has 0 spiro atoms. The summed E-state index contributed by atoms with van der Waals surface area (Å²) >= 11 is 1.96. The standard InChI is InChI=1S/C12H15IN2O5S/c1-21(19,20)5-4-9(14)11(16)15-10-3-2-7(13)6-8(10)12(17)18/h2-3,6,9H,4-5,14H2,1H3,(H,15,16)(H,17,18). The van der Waals surface area contributed by atoms with Crippen molar-refractivity contribution in [2.24, 2.45) is 5.73 Å². The van der Waals surface area contributed by atoms with E-state index in [2.05, 4.69) is 5.32 Å². The lowest BCUT2D eigenvalue weighted by atomic mass is 10.1. The van der Waals surface area contributed by atoms with Crippen molar-refractivity contribution in [1.82, 2.24) is 0 Å². The van der Waals surface area contributed by atoms with Gasteiger partial charge in [0.1, 0.15) is 9.84 Å². The van der Waals surface area contributed by atoms with Gasteiger partial charge >= 0.3 is 5.97 Å². The Bertz CT molecular complexity index is 660. The number of rotatable bonds is 6. The van der Waals surface area contributed by atoms with Crippen LogP contribution in [0.4, 0.5) is 5.69 Å². The number of amides is 1. The minimum absolute atomic E-state index is 0.0303. The topological polar surface area (TPSA) is 127 Å². The van der Waals surface area contributed by atoms with Crippen molar-refractivity contribution in [3.05, 3.63) is 27.3 Å². The second kappa shape index (κ2) is 7.18. The maximum atomic E-state index is 11.9. The molecule has 1 unspecified atom stereocenters. The molecule has 9 heteroatoms. The Labute approximate surface area is 136 Å². The summed E-state index contributed by atoms with van der Waals surface area (Å²) in [5.41, 5.74) is 5.68. The van der Waals surface area contributed by atoms with Crippen LogP contribution in [0.1, 0.15) is 16.8 Å². The largest absolute Gasteiger partial charge is 0.478 e. The van der Waals surface area contributed by atoms with Crippen LogP contribution in [0.15, 0.2) is 18.2 Å². The van der Waals surface area contributed by atoms with Gasteiger partial charge in [-0.25, -0.2) is 13.2 Å². The molecule has 116 valence electrons. The zero-order valence-corrected chi connectivity index (χ0v) is 14.1. The van der Waals surface area contributed by atoms with Crippen LogP contribution in [0.2, 0.25) is 0 Å². The number of carboxylic acids is 1. The Balaban J connectivity index is 2.81. The Morgan fingerprint density at radius 3 is 2.57 bits per heavy atom. The van der Waals surface area contributed by atoms with Crippen molar-refractivity contribution in [2.75, 3.05) is 17.3 Å². The normalized spacial score (nSPS) is 12.7. The first-order valence-corrected chi connectivity index (χ1v) is 9.01. The van der Waals surface area contributed by atoms with Crippen LogP contribution in [0, 0.1) is 3.57 Å². The molecule has 1 atom stereocenters. The van der Waals surface area contributed by atoms with Crippen molar-refractivity contribution in [3.63, 3.8) is 0 Å². The lowest BCUT2D eigenvalue weighted by Gasteiger charge is -2.13. The van der Waals surface area contributed by atoms with Gasteiger partial charge < -0.3 is 16.2 Å². The molecule has 1 rings (SSSR count). The number of anilines is 1. The van der Waals surface area contributed by atoms with Gasteiger partial charge in [-0.05, 0) is 47.2 Å². The highest BCUT2D eigenvalue weighted by Gasteiger charge is 2.19. The molecule has 21 heavy (non-hydrogen) atoms. The van der Waals surface area contributed by atoms with Crippen LogP contribution in [-0.2, 0) is 14.6 Å². The zero-order valence-electron chi connectivity index (χ0n) is 11.2. The summed E-state index contributed by atoms with van der Waals surface area (Å²) in [6.45, 7) is 0. The second-order valence-electron chi connectivity index (χ2n) is 4.51. The third-order valence-electron chi connectivity index (χ3n) is 2.61. The van der Waals surface area contributed by atoms with Gasteiger partial charge in [0.2, 0.25) is 5.91 Å². The van der Waals surface area contributed by atoms with E-state index in [9.17, 15) is 18.0 Å². The highest BCUT2D eigenvalue weighted by molar-refractivity contribution is 14.1. The number of benzene rings is 1. The first kappa shape index (κ1) is 17.9. The first-order valence-electron chi connectivity index (χ1n) is 5.87. The Morgan fingerprint density at radius 2 is 2.05 bits per heavy atom. The molecular weight excluding hydrogens is 411 g/mol. The van der Waals surface area contributed by atoms with E-state index >= 15 is 0 Å². The maximum absolute atomic E-state index is 11.9. The predicted octanol–water partition coefficient (Wildman–Crippen LogP) is 0.690. The number of hydrogen-bond donors (Lipinski definition) is 3. The summed E-state index contributed by atoms with van der Waals surface area (Å²) in [6.07, 6.45) is 1.02. The van der Waals surface area contributed by atoms with Crippen LogP contribution in [0.3, 0.4) is 0 Å². The molecule has 0 saturated heterocycles. The van der Waals surface area contributed by atoms with Gasteiger partial charge in [-0.15, -0.1) is 0 Å². The monoisotopic (exact) mass is 426 g/mol. The van der Waals surface area contributed by atoms with Gasteiger partial charge in [-0.2, -0.15) is 0 Å². The molecule has 0 radical (unpaired) electrons. The average Bonchev–Trinajstić information content (AvgIpc) is 2.36. The summed E-state index contributed by atoms with van der Waals surface area (Å²) in [5.74, 6) is -2.00. The lowest BCUT2D eigenvalue weighted by molar-refractivity contribution is -0.117. The molecule has 0 bridgehead atoms. The minimum atomic E-state index is -3.21. The predicted molar refractivity (Wildman–Crippen MR) is 87.1 cm³/mol. The van der Waals surface area contributed by atoms with Crippen molar-refractivity contribution < 1.29 is 23.1 Å². The van der Waals surface area contributed by atoms with Crippen molar-refractivity contribution >= 4 is 50.0 Å². The van der Waals surface area contributed by atoms with Gasteiger partial charge in [0.25, 0.3) is 0 Å². The number of aromatic carboxylic acids is 1.